The number of hydrogen-bond acceptors (Lipinski definition) is 2. The van der Waals surface area contributed by atoms with Gasteiger partial charge in [-0.25, -0.2) is 0 Å². The van der Waals surface area contributed by atoms with Gasteiger partial charge in [0.05, 0.1) is 19.3 Å². The van der Waals surface area contributed by atoms with Gasteiger partial charge in [0.25, 0.3) is 0 Å². The molecule has 2 heteroatoms. The molecule has 0 radical (unpaired) electrons. The third kappa shape index (κ3) is 1.80. The Hall–Kier alpha value is -0.860. The van der Waals surface area contributed by atoms with Crippen LogP contribution >= 0.6 is 0 Å². The smallest absolute Gasteiger partial charge is 0.0723 e. The number of rotatable bonds is 1. The zero-order valence-electron chi connectivity index (χ0n) is 9.71. The summed E-state index contributed by atoms with van der Waals surface area (Å²) in [6.45, 7) is 7.93. The Morgan fingerprint density at radius 1 is 1.40 bits per heavy atom. The molecule has 1 unspecified atom stereocenters. The predicted molar refractivity (Wildman–Crippen MR) is 61.9 cm³/mol. The van der Waals surface area contributed by atoms with Crippen molar-refractivity contribution in [2.24, 2.45) is 5.73 Å². The summed E-state index contributed by atoms with van der Waals surface area (Å²) in [7, 11) is 0. The lowest BCUT2D eigenvalue weighted by Crippen LogP contribution is -2.26. The maximum Gasteiger partial charge on any atom is 0.0723 e. The molecule has 1 aliphatic rings. The fourth-order valence-corrected chi connectivity index (χ4v) is 2.30. The molecule has 2 nitrogen and oxygen atoms in total. The van der Waals surface area contributed by atoms with E-state index in [1.807, 2.05) is 0 Å². The minimum atomic E-state index is 0.0473. The van der Waals surface area contributed by atoms with Crippen molar-refractivity contribution in [3.8, 4) is 0 Å². The van der Waals surface area contributed by atoms with Gasteiger partial charge in [0, 0.05) is 0 Å². The minimum absolute atomic E-state index is 0.0473. The van der Waals surface area contributed by atoms with Crippen LogP contribution in [0.2, 0.25) is 0 Å². The maximum atomic E-state index is 6.13. The lowest BCUT2D eigenvalue weighted by atomic mass is 9.86. The van der Waals surface area contributed by atoms with Gasteiger partial charge in [-0.3, -0.25) is 0 Å². The molecular formula is C13H19NO. The van der Waals surface area contributed by atoms with Gasteiger partial charge in [-0.15, -0.1) is 0 Å². The number of fused-ring (bicyclic) bond motifs is 1. The van der Waals surface area contributed by atoms with Gasteiger partial charge in [0.15, 0.2) is 0 Å². The second-order valence-electron chi connectivity index (χ2n) is 4.64. The molecule has 0 saturated carbocycles. The number of nitrogens with two attached hydrogens (primary N) is 1. The highest BCUT2D eigenvalue weighted by Crippen LogP contribution is 2.32. The van der Waals surface area contributed by atoms with E-state index >= 15 is 0 Å². The second-order valence-corrected chi connectivity index (χ2v) is 4.64. The summed E-state index contributed by atoms with van der Waals surface area (Å²) < 4.78 is 5.50. The molecule has 1 aromatic carbocycles. The van der Waals surface area contributed by atoms with Crippen LogP contribution in [0.15, 0.2) is 12.1 Å². The summed E-state index contributed by atoms with van der Waals surface area (Å²) in [5.74, 6) is 0.531. The fourth-order valence-electron chi connectivity index (χ4n) is 2.30. The van der Waals surface area contributed by atoms with Crippen molar-refractivity contribution >= 4 is 0 Å². The van der Waals surface area contributed by atoms with Crippen LogP contribution in [0.3, 0.4) is 0 Å². The average molecular weight is 205 g/mol. The molecule has 1 aliphatic heterocycles. The van der Waals surface area contributed by atoms with Gasteiger partial charge < -0.3 is 10.5 Å². The standard InChI is InChI=1S/C13H19NO/c1-8(2)10-5-4-9(3)11-6-15-7-12(14)13(10)11/h4-5,8,12H,6-7,14H2,1-3H3. The Morgan fingerprint density at radius 2 is 2.13 bits per heavy atom. The summed E-state index contributed by atoms with van der Waals surface area (Å²) >= 11 is 0. The molecule has 1 heterocycles. The molecule has 15 heavy (non-hydrogen) atoms. The van der Waals surface area contributed by atoms with Crippen LogP contribution in [-0.2, 0) is 11.3 Å². The molecule has 2 rings (SSSR count). The number of hydrogen-bond donors (Lipinski definition) is 1. The lowest BCUT2D eigenvalue weighted by Gasteiger charge is -2.28. The van der Waals surface area contributed by atoms with Crippen molar-refractivity contribution in [3.63, 3.8) is 0 Å². The molecule has 2 N–H and O–H groups in total. The summed E-state index contributed by atoms with van der Waals surface area (Å²) in [5.41, 5.74) is 11.4. The molecule has 1 aromatic rings. The molecule has 0 amide bonds. The first kappa shape index (κ1) is 10.7. The van der Waals surface area contributed by atoms with Crippen LogP contribution in [0.4, 0.5) is 0 Å². The van der Waals surface area contributed by atoms with E-state index < -0.39 is 0 Å². The Bertz CT molecular complexity index is 371. The van der Waals surface area contributed by atoms with Crippen LogP contribution in [0.5, 0.6) is 0 Å². The van der Waals surface area contributed by atoms with Crippen LogP contribution < -0.4 is 5.73 Å². The van der Waals surface area contributed by atoms with E-state index in [0.717, 1.165) is 6.61 Å². The van der Waals surface area contributed by atoms with Crippen molar-refractivity contribution in [2.45, 2.75) is 39.3 Å². The Kier molecular flexibility index (Phi) is 2.81. The molecule has 0 saturated heterocycles. The Balaban J connectivity index is 2.60. The normalized spacial score (nSPS) is 20.5. The van der Waals surface area contributed by atoms with Gasteiger partial charge >= 0.3 is 0 Å². The van der Waals surface area contributed by atoms with Crippen molar-refractivity contribution in [2.75, 3.05) is 6.61 Å². The molecule has 0 aromatic heterocycles. The molecule has 0 fully saturated rings. The summed E-state index contributed by atoms with van der Waals surface area (Å²) in [5, 5.41) is 0. The van der Waals surface area contributed by atoms with Crippen LogP contribution in [0.1, 0.15) is 48.1 Å². The number of benzene rings is 1. The quantitative estimate of drug-likeness (QED) is 0.765. The lowest BCUT2D eigenvalue weighted by molar-refractivity contribution is 0.0914. The van der Waals surface area contributed by atoms with E-state index in [-0.39, 0.29) is 6.04 Å². The van der Waals surface area contributed by atoms with E-state index in [0.29, 0.717) is 12.5 Å². The third-order valence-electron chi connectivity index (χ3n) is 3.16. The van der Waals surface area contributed by atoms with E-state index in [1.165, 1.54) is 22.3 Å². The predicted octanol–water partition coefficient (Wildman–Crippen LogP) is 2.65. The van der Waals surface area contributed by atoms with E-state index in [2.05, 4.69) is 32.9 Å². The molecule has 0 bridgehead atoms. The fraction of sp³-hybridized carbons (Fsp3) is 0.538. The Morgan fingerprint density at radius 3 is 2.80 bits per heavy atom. The average Bonchev–Trinajstić information content (AvgIpc) is 2.19. The second kappa shape index (κ2) is 3.95. The third-order valence-corrected chi connectivity index (χ3v) is 3.16. The maximum absolute atomic E-state index is 6.13. The van der Waals surface area contributed by atoms with Gasteiger partial charge in [0.1, 0.15) is 0 Å². The SMILES string of the molecule is Cc1ccc(C(C)C)c2c1COCC2N. The topological polar surface area (TPSA) is 35.2 Å². The van der Waals surface area contributed by atoms with Gasteiger partial charge in [-0.05, 0) is 35.1 Å². The molecule has 0 spiro atoms. The summed E-state index contributed by atoms with van der Waals surface area (Å²) in [6, 6.07) is 4.44. The highest BCUT2D eigenvalue weighted by Gasteiger charge is 2.23. The van der Waals surface area contributed by atoms with Crippen molar-refractivity contribution in [3.05, 3.63) is 34.4 Å². The first-order chi connectivity index (χ1) is 7.11. The van der Waals surface area contributed by atoms with Crippen LogP contribution in [0.25, 0.3) is 0 Å². The zero-order valence-corrected chi connectivity index (χ0v) is 9.71. The van der Waals surface area contributed by atoms with Gasteiger partial charge in [-0.1, -0.05) is 26.0 Å². The zero-order chi connectivity index (χ0) is 11.0. The highest BCUT2D eigenvalue weighted by molar-refractivity contribution is 5.44. The molecule has 0 aliphatic carbocycles. The molecular weight excluding hydrogens is 186 g/mol. The first-order valence-electron chi connectivity index (χ1n) is 5.57. The van der Waals surface area contributed by atoms with Gasteiger partial charge in [0.2, 0.25) is 0 Å². The van der Waals surface area contributed by atoms with Crippen LogP contribution in [-0.4, -0.2) is 6.61 Å². The van der Waals surface area contributed by atoms with E-state index in [1.54, 1.807) is 0 Å². The molecule has 1 atom stereocenters. The first-order valence-corrected chi connectivity index (χ1v) is 5.57. The minimum Gasteiger partial charge on any atom is -0.375 e. The summed E-state index contributed by atoms with van der Waals surface area (Å²) in [4.78, 5) is 0. The van der Waals surface area contributed by atoms with Crippen LogP contribution in [0, 0.1) is 6.92 Å². The number of ether oxygens (including phenoxy) is 1. The van der Waals surface area contributed by atoms with Crippen molar-refractivity contribution in [1.29, 1.82) is 0 Å². The van der Waals surface area contributed by atoms with E-state index in [9.17, 15) is 0 Å². The monoisotopic (exact) mass is 205 g/mol. The number of aryl methyl sites for hydroxylation is 1. The molecule has 82 valence electrons. The van der Waals surface area contributed by atoms with Crippen molar-refractivity contribution in [1.82, 2.24) is 0 Å². The van der Waals surface area contributed by atoms with Gasteiger partial charge in [-0.2, -0.15) is 0 Å². The van der Waals surface area contributed by atoms with E-state index in [4.69, 9.17) is 10.5 Å². The summed E-state index contributed by atoms with van der Waals surface area (Å²) in [6.07, 6.45) is 0. The highest BCUT2D eigenvalue weighted by atomic mass is 16.5. The van der Waals surface area contributed by atoms with Crippen molar-refractivity contribution < 1.29 is 4.74 Å². The Labute approximate surface area is 91.4 Å². The largest absolute Gasteiger partial charge is 0.375 e.